The molecule has 0 atom stereocenters. The number of carbonyl (C=O) groups is 1. The van der Waals surface area contributed by atoms with Crippen molar-refractivity contribution in [1.82, 2.24) is 4.90 Å². The van der Waals surface area contributed by atoms with Crippen LogP contribution in [0.4, 0.5) is 0 Å². The molecule has 0 unspecified atom stereocenters. The maximum Gasteiger partial charge on any atom is 0.253 e. The Kier molecular flexibility index (Phi) is 5.35. The summed E-state index contributed by atoms with van der Waals surface area (Å²) in [5, 5.41) is 0. The van der Waals surface area contributed by atoms with Gasteiger partial charge < -0.3 is 9.64 Å². The molecular weight excluding hydrogens is 226 g/mol. The van der Waals surface area contributed by atoms with Crippen molar-refractivity contribution in [3.05, 3.63) is 34.9 Å². The van der Waals surface area contributed by atoms with E-state index < -0.39 is 0 Å². The summed E-state index contributed by atoms with van der Waals surface area (Å²) in [6.07, 6.45) is 0. The van der Waals surface area contributed by atoms with Crippen molar-refractivity contribution < 1.29 is 9.53 Å². The van der Waals surface area contributed by atoms with Gasteiger partial charge in [-0.05, 0) is 36.1 Å². The highest BCUT2D eigenvalue weighted by atomic mass is 16.5. The van der Waals surface area contributed by atoms with E-state index in [1.54, 1.807) is 19.1 Å². The fourth-order valence-corrected chi connectivity index (χ4v) is 2.01. The van der Waals surface area contributed by atoms with Crippen LogP contribution in [0.15, 0.2) is 18.2 Å². The Labute approximate surface area is 110 Å². The minimum atomic E-state index is 0.0467. The van der Waals surface area contributed by atoms with Crippen molar-refractivity contribution in [2.45, 2.75) is 26.7 Å². The molecule has 1 aromatic carbocycles. The molecular formula is C15H23NO2. The van der Waals surface area contributed by atoms with Gasteiger partial charge in [-0.3, -0.25) is 4.79 Å². The molecule has 18 heavy (non-hydrogen) atoms. The van der Waals surface area contributed by atoms with Crippen molar-refractivity contribution in [3.63, 3.8) is 0 Å². The molecule has 0 saturated carbocycles. The third-order valence-corrected chi connectivity index (χ3v) is 3.12. The van der Waals surface area contributed by atoms with E-state index in [4.69, 9.17) is 4.74 Å². The zero-order chi connectivity index (χ0) is 13.7. The van der Waals surface area contributed by atoms with Crippen LogP contribution in [0.5, 0.6) is 0 Å². The van der Waals surface area contributed by atoms with Gasteiger partial charge in [-0.25, -0.2) is 0 Å². The first-order valence-electron chi connectivity index (χ1n) is 6.32. The number of hydrogen-bond donors (Lipinski definition) is 0. The first-order chi connectivity index (χ1) is 8.47. The predicted molar refractivity (Wildman–Crippen MR) is 74.1 cm³/mol. The average Bonchev–Trinajstić information content (AvgIpc) is 2.34. The summed E-state index contributed by atoms with van der Waals surface area (Å²) >= 11 is 0. The maximum atomic E-state index is 12.2. The van der Waals surface area contributed by atoms with Crippen LogP contribution in [0.1, 0.15) is 41.3 Å². The van der Waals surface area contributed by atoms with Gasteiger partial charge in [0, 0.05) is 26.3 Å². The molecule has 0 aliphatic heterocycles. The molecule has 0 aliphatic carbocycles. The van der Waals surface area contributed by atoms with Crippen LogP contribution in [0.2, 0.25) is 0 Å². The summed E-state index contributed by atoms with van der Waals surface area (Å²) in [4.78, 5) is 13.8. The van der Waals surface area contributed by atoms with E-state index >= 15 is 0 Å². The number of rotatable bonds is 5. The molecule has 100 valence electrons. The minimum absolute atomic E-state index is 0.0467. The molecule has 1 amide bonds. The van der Waals surface area contributed by atoms with Gasteiger partial charge in [-0.2, -0.15) is 0 Å². The number of carbonyl (C=O) groups excluding carboxylic acids is 1. The van der Waals surface area contributed by atoms with Gasteiger partial charge in [-0.15, -0.1) is 0 Å². The number of likely N-dealkylation sites (N-methyl/N-ethyl adjacent to an activating group) is 1. The average molecular weight is 249 g/mol. The molecule has 0 aromatic heterocycles. The van der Waals surface area contributed by atoms with Crippen molar-refractivity contribution in [2.24, 2.45) is 0 Å². The Morgan fingerprint density at radius 3 is 2.56 bits per heavy atom. The number of benzene rings is 1. The summed E-state index contributed by atoms with van der Waals surface area (Å²) in [5.41, 5.74) is 3.22. The lowest BCUT2D eigenvalue weighted by Gasteiger charge is -2.18. The maximum absolute atomic E-state index is 12.2. The number of methoxy groups -OCH3 is 1. The van der Waals surface area contributed by atoms with Gasteiger partial charge in [0.2, 0.25) is 0 Å². The number of nitrogens with zero attached hydrogens (tertiary/aromatic N) is 1. The zero-order valence-corrected chi connectivity index (χ0v) is 12.0. The van der Waals surface area contributed by atoms with Crippen LogP contribution in [0.3, 0.4) is 0 Å². The molecule has 1 rings (SSSR count). The highest BCUT2D eigenvalue weighted by Gasteiger charge is 2.13. The van der Waals surface area contributed by atoms with E-state index in [2.05, 4.69) is 26.8 Å². The first kappa shape index (κ1) is 14.7. The summed E-state index contributed by atoms with van der Waals surface area (Å²) in [5.74, 6) is 0.533. The lowest BCUT2D eigenvalue weighted by atomic mass is 9.96. The molecule has 3 heteroatoms. The van der Waals surface area contributed by atoms with Crippen LogP contribution in [0, 0.1) is 6.92 Å². The third-order valence-electron chi connectivity index (χ3n) is 3.12. The van der Waals surface area contributed by atoms with Crippen molar-refractivity contribution in [3.8, 4) is 0 Å². The molecule has 0 spiro atoms. The lowest BCUT2D eigenvalue weighted by molar-refractivity contribution is 0.0744. The van der Waals surface area contributed by atoms with E-state index in [1.165, 1.54) is 11.1 Å². The van der Waals surface area contributed by atoms with Gasteiger partial charge in [0.05, 0.1) is 6.61 Å². The van der Waals surface area contributed by atoms with Crippen LogP contribution in [-0.4, -0.2) is 38.1 Å². The second kappa shape index (κ2) is 6.55. The first-order valence-corrected chi connectivity index (χ1v) is 6.32. The SMILES string of the molecule is COCCN(C)C(=O)c1ccc(C(C)C)c(C)c1. The van der Waals surface area contributed by atoms with Gasteiger partial charge >= 0.3 is 0 Å². The number of amides is 1. The summed E-state index contributed by atoms with van der Waals surface area (Å²) in [6, 6.07) is 5.94. The van der Waals surface area contributed by atoms with Crippen LogP contribution >= 0.6 is 0 Å². The van der Waals surface area contributed by atoms with Gasteiger partial charge in [0.25, 0.3) is 5.91 Å². The summed E-state index contributed by atoms with van der Waals surface area (Å²) in [7, 11) is 3.44. The summed E-state index contributed by atoms with van der Waals surface area (Å²) < 4.78 is 4.98. The molecule has 1 aromatic rings. The monoisotopic (exact) mass is 249 g/mol. The highest BCUT2D eigenvalue weighted by molar-refractivity contribution is 5.94. The molecule has 0 bridgehead atoms. The number of aryl methyl sites for hydroxylation is 1. The molecule has 3 nitrogen and oxygen atoms in total. The van der Waals surface area contributed by atoms with E-state index in [0.29, 0.717) is 19.1 Å². The zero-order valence-electron chi connectivity index (χ0n) is 12.0. The Morgan fingerprint density at radius 2 is 2.06 bits per heavy atom. The number of hydrogen-bond acceptors (Lipinski definition) is 2. The van der Waals surface area contributed by atoms with E-state index in [0.717, 1.165) is 5.56 Å². The smallest absolute Gasteiger partial charge is 0.253 e. The van der Waals surface area contributed by atoms with Crippen molar-refractivity contribution in [2.75, 3.05) is 27.3 Å². The standard InChI is InChI=1S/C15H23NO2/c1-11(2)14-7-6-13(10-12(14)3)15(17)16(4)8-9-18-5/h6-7,10-11H,8-9H2,1-5H3. The summed E-state index contributed by atoms with van der Waals surface area (Å²) in [6.45, 7) is 7.55. The predicted octanol–water partition coefficient (Wildman–Crippen LogP) is 2.84. The fourth-order valence-electron chi connectivity index (χ4n) is 2.01. The molecule has 0 heterocycles. The normalized spacial score (nSPS) is 10.8. The molecule has 0 radical (unpaired) electrons. The van der Waals surface area contributed by atoms with Crippen LogP contribution in [-0.2, 0) is 4.74 Å². The Balaban J connectivity index is 2.84. The van der Waals surface area contributed by atoms with Gasteiger partial charge in [0.1, 0.15) is 0 Å². The lowest BCUT2D eigenvalue weighted by Crippen LogP contribution is -2.30. The van der Waals surface area contributed by atoms with E-state index in [9.17, 15) is 4.79 Å². The van der Waals surface area contributed by atoms with E-state index in [-0.39, 0.29) is 5.91 Å². The third kappa shape index (κ3) is 3.57. The van der Waals surface area contributed by atoms with Gasteiger partial charge in [-0.1, -0.05) is 19.9 Å². The Hall–Kier alpha value is -1.35. The van der Waals surface area contributed by atoms with Crippen molar-refractivity contribution in [1.29, 1.82) is 0 Å². The fraction of sp³-hybridized carbons (Fsp3) is 0.533. The van der Waals surface area contributed by atoms with Crippen LogP contribution in [0.25, 0.3) is 0 Å². The van der Waals surface area contributed by atoms with E-state index in [1.807, 2.05) is 12.1 Å². The quantitative estimate of drug-likeness (QED) is 0.803. The van der Waals surface area contributed by atoms with Crippen LogP contribution < -0.4 is 0 Å². The highest BCUT2D eigenvalue weighted by Crippen LogP contribution is 2.20. The number of ether oxygens (including phenoxy) is 1. The molecule has 0 saturated heterocycles. The second-order valence-corrected chi connectivity index (χ2v) is 4.95. The van der Waals surface area contributed by atoms with Gasteiger partial charge in [0.15, 0.2) is 0 Å². The van der Waals surface area contributed by atoms with Crippen molar-refractivity contribution >= 4 is 5.91 Å². The molecule has 0 fully saturated rings. The topological polar surface area (TPSA) is 29.5 Å². The molecule has 0 aliphatic rings. The Bertz CT molecular complexity index is 413. The Morgan fingerprint density at radius 1 is 1.39 bits per heavy atom. The molecule has 0 N–H and O–H groups in total. The largest absolute Gasteiger partial charge is 0.383 e. The second-order valence-electron chi connectivity index (χ2n) is 4.95. The minimum Gasteiger partial charge on any atom is -0.383 e.